The molecular weight excluding hydrogens is 308 g/mol. The predicted molar refractivity (Wildman–Crippen MR) is 92.3 cm³/mol. The van der Waals surface area contributed by atoms with Crippen molar-refractivity contribution in [1.29, 1.82) is 0 Å². The molecule has 0 unspecified atom stereocenters. The minimum atomic E-state index is -0.474. The van der Waals surface area contributed by atoms with Crippen LogP contribution < -0.4 is 0 Å². The van der Waals surface area contributed by atoms with Gasteiger partial charge in [-0.1, -0.05) is 45.1 Å². The fourth-order valence-electron chi connectivity index (χ4n) is 2.20. The number of carbonyl (C=O) groups excluding carboxylic acids is 2. The number of hydrogen-bond donors (Lipinski definition) is 0. The highest BCUT2D eigenvalue weighted by molar-refractivity contribution is 5.95. The molecule has 0 aliphatic carbocycles. The van der Waals surface area contributed by atoms with Crippen LogP contribution in [-0.2, 0) is 14.2 Å². The van der Waals surface area contributed by atoms with E-state index in [0.29, 0.717) is 24.3 Å². The molecule has 0 amide bonds. The Morgan fingerprint density at radius 2 is 1.42 bits per heavy atom. The van der Waals surface area contributed by atoms with Gasteiger partial charge in [-0.3, -0.25) is 0 Å². The minimum Gasteiger partial charge on any atom is -0.462 e. The molecule has 0 aromatic heterocycles. The van der Waals surface area contributed by atoms with E-state index in [4.69, 9.17) is 14.2 Å². The summed E-state index contributed by atoms with van der Waals surface area (Å²) in [6, 6.07) is 6.39. The fourth-order valence-corrected chi connectivity index (χ4v) is 2.20. The maximum atomic E-state index is 12.0. The molecule has 24 heavy (non-hydrogen) atoms. The van der Waals surface area contributed by atoms with E-state index in [1.54, 1.807) is 18.2 Å². The molecule has 5 nitrogen and oxygen atoms in total. The standard InChI is InChI=1S/C19H28O5/c1-3-4-5-6-7-8-12-23-18(20)16-10-9-11-17(15-16)19(21)24-14-13-22-2/h9-11,15H,3-8,12-14H2,1-2H3. The first kappa shape index (κ1) is 20.2. The molecule has 0 atom stereocenters. The Labute approximate surface area is 144 Å². The predicted octanol–water partition coefficient (Wildman–Crippen LogP) is 4.01. The summed E-state index contributed by atoms with van der Waals surface area (Å²) < 4.78 is 15.1. The lowest BCUT2D eigenvalue weighted by Crippen LogP contribution is -2.12. The first-order valence-corrected chi connectivity index (χ1v) is 8.62. The summed E-state index contributed by atoms with van der Waals surface area (Å²) in [5.74, 6) is -0.882. The van der Waals surface area contributed by atoms with Gasteiger partial charge in [0.2, 0.25) is 0 Å². The number of ether oxygens (including phenoxy) is 3. The van der Waals surface area contributed by atoms with Gasteiger partial charge in [-0.05, 0) is 24.6 Å². The third kappa shape index (κ3) is 8.11. The zero-order valence-corrected chi connectivity index (χ0v) is 14.7. The Balaban J connectivity index is 2.36. The normalized spacial score (nSPS) is 10.4. The molecule has 0 saturated heterocycles. The van der Waals surface area contributed by atoms with Crippen molar-refractivity contribution >= 4 is 11.9 Å². The van der Waals surface area contributed by atoms with Crippen LogP contribution in [0.15, 0.2) is 24.3 Å². The van der Waals surface area contributed by atoms with Gasteiger partial charge < -0.3 is 14.2 Å². The van der Waals surface area contributed by atoms with Gasteiger partial charge in [-0.2, -0.15) is 0 Å². The quantitative estimate of drug-likeness (QED) is 0.426. The summed E-state index contributed by atoms with van der Waals surface area (Å²) in [4.78, 5) is 23.9. The highest BCUT2D eigenvalue weighted by Gasteiger charge is 2.12. The molecule has 0 N–H and O–H groups in total. The van der Waals surface area contributed by atoms with E-state index >= 15 is 0 Å². The summed E-state index contributed by atoms with van der Waals surface area (Å²) >= 11 is 0. The Morgan fingerprint density at radius 1 is 0.833 bits per heavy atom. The highest BCUT2D eigenvalue weighted by Crippen LogP contribution is 2.10. The largest absolute Gasteiger partial charge is 0.462 e. The molecule has 0 fully saturated rings. The monoisotopic (exact) mass is 336 g/mol. The lowest BCUT2D eigenvalue weighted by molar-refractivity contribution is 0.0388. The van der Waals surface area contributed by atoms with Crippen molar-refractivity contribution < 1.29 is 23.8 Å². The molecule has 0 aliphatic heterocycles. The van der Waals surface area contributed by atoms with Crippen LogP contribution in [0.5, 0.6) is 0 Å². The third-order valence-electron chi connectivity index (χ3n) is 3.59. The average Bonchev–Trinajstić information content (AvgIpc) is 2.61. The van der Waals surface area contributed by atoms with Gasteiger partial charge in [0.25, 0.3) is 0 Å². The minimum absolute atomic E-state index is 0.183. The van der Waals surface area contributed by atoms with Crippen molar-refractivity contribution in [2.75, 3.05) is 26.9 Å². The lowest BCUT2D eigenvalue weighted by Gasteiger charge is -2.07. The molecule has 0 bridgehead atoms. The van der Waals surface area contributed by atoms with Crippen LogP contribution in [0, 0.1) is 0 Å². The number of carbonyl (C=O) groups is 2. The topological polar surface area (TPSA) is 61.8 Å². The van der Waals surface area contributed by atoms with Crippen molar-refractivity contribution in [3.8, 4) is 0 Å². The number of methoxy groups -OCH3 is 1. The van der Waals surface area contributed by atoms with Crippen molar-refractivity contribution in [3.63, 3.8) is 0 Å². The molecule has 0 heterocycles. The number of esters is 2. The number of rotatable bonds is 12. The van der Waals surface area contributed by atoms with Crippen LogP contribution in [0.25, 0.3) is 0 Å². The lowest BCUT2D eigenvalue weighted by atomic mass is 10.1. The first-order chi connectivity index (χ1) is 11.7. The van der Waals surface area contributed by atoms with Gasteiger partial charge in [0.05, 0.1) is 24.3 Å². The summed E-state index contributed by atoms with van der Waals surface area (Å²) in [6.45, 7) is 3.12. The van der Waals surface area contributed by atoms with E-state index in [9.17, 15) is 9.59 Å². The Bertz CT molecular complexity index is 498. The molecule has 1 rings (SSSR count). The smallest absolute Gasteiger partial charge is 0.338 e. The summed E-state index contributed by atoms with van der Waals surface area (Å²) in [7, 11) is 1.54. The Hall–Kier alpha value is -1.88. The van der Waals surface area contributed by atoms with Gasteiger partial charge in [-0.15, -0.1) is 0 Å². The fraction of sp³-hybridized carbons (Fsp3) is 0.579. The van der Waals surface area contributed by atoms with Crippen molar-refractivity contribution in [2.45, 2.75) is 45.4 Å². The van der Waals surface area contributed by atoms with Gasteiger partial charge >= 0.3 is 11.9 Å². The highest BCUT2D eigenvalue weighted by atomic mass is 16.6. The summed E-state index contributed by atoms with van der Waals surface area (Å²) in [5.41, 5.74) is 0.697. The van der Waals surface area contributed by atoms with Crippen LogP contribution in [0.3, 0.4) is 0 Å². The summed E-state index contributed by atoms with van der Waals surface area (Å²) in [5, 5.41) is 0. The number of benzene rings is 1. The van der Waals surface area contributed by atoms with Crippen molar-refractivity contribution in [3.05, 3.63) is 35.4 Å². The van der Waals surface area contributed by atoms with Crippen molar-refractivity contribution in [1.82, 2.24) is 0 Å². The van der Waals surface area contributed by atoms with Gasteiger partial charge in [0.1, 0.15) is 6.61 Å². The second-order valence-corrected chi connectivity index (χ2v) is 5.61. The second-order valence-electron chi connectivity index (χ2n) is 5.61. The number of unbranched alkanes of at least 4 members (excludes halogenated alkanes) is 5. The van der Waals surface area contributed by atoms with Crippen LogP contribution in [0.4, 0.5) is 0 Å². The molecule has 5 heteroatoms. The van der Waals surface area contributed by atoms with Crippen LogP contribution in [0.2, 0.25) is 0 Å². The molecular formula is C19H28O5. The average molecular weight is 336 g/mol. The third-order valence-corrected chi connectivity index (χ3v) is 3.59. The molecule has 0 spiro atoms. The Kier molecular flexibility index (Phi) is 10.5. The molecule has 1 aromatic rings. The molecule has 0 radical (unpaired) electrons. The molecule has 0 aliphatic rings. The van der Waals surface area contributed by atoms with E-state index in [-0.39, 0.29) is 6.61 Å². The van der Waals surface area contributed by atoms with Gasteiger partial charge in [0.15, 0.2) is 0 Å². The zero-order chi connectivity index (χ0) is 17.6. The zero-order valence-electron chi connectivity index (χ0n) is 14.7. The van der Waals surface area contributed by atoms with Crippen LogP contribution in [-0.4, -0.2) is 38.9 Å². The molecule has 134 valence electrons. The van der Waals surface area contributed by atoms with Gasteiger partial charge in [-0.25, -0.2) is 9.59 Å². The van der Waals surface area contributed by atoms with Crippen LogP contribution >= 0.6 is 0 Å². The Morgan fingerprint density at radius 3 is 2.04 bits per heavy atom. The maximum Gasteiger partial charge on any atom is 0.338 e. The maximum absolute atomic E-state index is 12.0. The van der Waals surface area contributed by atoms with E-state index in [1.807, 2.05) is 0 Å². The molecule has 1 aromatic carbocycles. The summed E-state index contributed by atoms with van der Waals surface area (Å²) in [6.07, 6.45) is 6.82. The SMILES string of the molecule is CCCCCCCCOC(=O)c1cccc(C(=O)OCCOC)c1. The van der Waals surface area contributed by atoms with E-state index in [0.717, 1.165) is 12.8 Å². The number of hydrogen-bond acceptors (Lipinski definition) is 5. The van der Waals surface area contributed by atoms with E-state index in [1.165, 1.54) is 38.9 Å². The van der Waals surface area contributed by atoms with Crippen molar-refractivity contribution in [2.24, 2.45) is 0 Å². The first-order valence-electron chi connectivity index (χ1n) is 8.62. The van der Waals surface area contributed by atoms with E-state index in [2.05, 4.69) is 6.92 Å². The van der Waals surface area contributed by atoms with Crippen LogP contribution in [0.1, 0.15) is 66.2 Å². The molecule has 0 saturated carbocycles. The second kappa shape index (κ2) is 12.5. The van der Waals surface area contributed by atoms with Gasteiger partial charge in [0, 0.05) is 7.11 Å². The van der Waals surface area contributed by atoms with E-state index < -0.39 is 11.9 Å².